The van der Waals surface area contributed by atoms with Crippen LogP contribution >= 0.6 is 22.6 Å². The van der Waals surface area contributed by atoms with Crippen LogP contribution in [0.1, 0.15) is 15.9 Å². The Hall–Kier alpha value is -1.70. The van der Waals surface area contributed by atoms with Crippen LogP contribution < -0.4 is 10.1 Å². The Morgan fingerprint density at radius 1 is 1.18 bits per heavy atom. The van der Waals surface area contributed by atoms with E-state index in [2.05, 4.69) is 32.6 Å². The summed E-state index contributed by atoms with van der Waals surface area (Å²) in [4.78, 5) is 11.9. The first-order chi connectivity index (χ1) is 10.5. The first-order valence-corrected chi connectivity index (χ1v) is 7.70. The lowest BCUT2D eigenvalue weighted by atomic mass is 10.1. The number of hydrogen-bond donors (Lipinski definition) is 1. The third-order valence-corrected chi connectivity index (χ3v) is 3.61. The average molecular weight is 417 g/mol. The van der Waals surface area contributed by atoms with Crippen molar-refractivity contribution < 1.29 is 18.3 Å². The van der Waals surface area contributed by atoms with E-state index in [-0.39, 0.29) is 11.7 Å². The third-order valence-electron chi connectivity index (χ3n) is 2.93. The van der Waals surface area contributed by atoms with Crippen LogP contribution in [0.15, 0.2) is 48.5 Å². The molecule has 2 aromatic rings. The topological polar surface area (TPSA) is 38.3 Å². The highest BCUT2D eigenvalue weighted by Crippen LogP contribution is 2.15. The SMILES string of the molecule is O=C(NCCc1ccc(OC(F)F)cc1)c1cccc(I)c1. The van der Waals surface area contributed by atoms with E-state index >= 15 is 0 Å². The van der Waals surface area contributed by atoms with E-state index in [0.717, 1.165) is 9.13 Å². The maximum Gasteiger partial charge on any atom is 0.387 e. The summed E-state index contributed by atoms with van der Waals surface area (Å²) in [7, 11) is 0. The Labute approximate surface area is 140 Å². The lowest BCUT2D eigenvalue weighted by Crippen LogP contribution is -2.25. The fourth-order valence-electron chi connectivity index (χ4n) is 1.89. The average Bonchev–Trinajstić information content (AvgIpc) is 2.48. The lowest BCUT2D eigenvalue weighted by Gasteiger charge is -2.07. The largest absolute Gasteiger partial charge is 0.435 e. The quantitative estimate of drug-likeness (QED) is 0.726. The second-order valence-corrected chi connectivity index (χ2v) is 5.78. The number of hydrogen-bond acceptors (Lipinski definition) is 2. The Morgan fingerprint density at radius 3 is 2.55 bits per heavy atom. The van der Waals surface area contributed by atoms with Crippen molar-refractivity contribution >= 4 is 28.5 Å². The van der Waals surface area contributed by atoms with Crippen LogP contribution in [0.4, 0.5) is 8.78 Å². The van der Waals surface area contributed by atoms with Crippen LogP contribution in [0.2, 0.25) is 0 Å². The second-order valence-electron chi connectivity index (χ2n) is 4.54. The summed E-state index contributed by atoms with van der Waals surface area (Å²) in [6.45, 7) is -2.35. The monoisotopic (exact) mass is 417 g/mol. The Balaban J connectivity index is 1.82. The van der Waals surface area contributed by atoms with Crippen molar-refractivity contribution in [2.24, 2.45) is 0 Å². The van der Waals surface area contributed by atoms with E-state index < -0.39 is 6.61 Å². The molecule has 0 aliphatic heterocycles. The minimum absolute atomic E-state index is 0.127. The third kappa shape index (κ3) is 5.25. The van der Waals surface area contributed by atoms with Crippen molar-refractivity contribution in [3.63, 3.8) is 0 Å². The zero-order valence-corrected chi connectivity index (χ0v) is 13.7. The van der Waals surface area contributed by atoms with E-state index in [1.165, 1.54) is 12.1 Å². The molecule has 0 aromatic heterocycles. The van der Waals surface area contributed by atoms with Crippen molar-refractivity contribution in [2.45, 2.75) is 13.0 Å². The van der Waals surface area contributed by atoms with E-state index in [1.807, 2.05) is 18.2 Å². The zero-order chi connectivity index (χ0) is 15.9. The molecule has 1 amide bonds. The summed E-state index contributed by atoms with van der Waals surface area (Å²) in [6.07, 6.45) is 0.616. The van der Waals surface area contributed by atoms with Gasteiger partial charge in [0.25, 0.3) is 5.91 Å². The molecule has 0 unspecified atom stereocenters. The van der Waals surface area contributed by atoms with Crippen molar-refractivity contribution in [1.29, 1.82) is 0 Å². The number of halogens is 3. The molecule has 0 bridgehead atoms. The standard InChI is InChI=1S/C16H14F2INO2/c17-16(18)22-14-6-4-11(5-7-14)8-9-20-15(21)12-2-1-3-13(19)10-12/h1-7,10,16H,8-9H2,(H,20,21). The first-order valence-electron chi connectivity index (χ1n) is 6.62. The van der Waals surface area contributed by atoms with Gasteiger partial charge >= 0.3 is 6.61 Å². The fourth-order valence-corrected chi connectivity index (χ4v) is 2.43. The van der Waals surface area contributed by atoms with E-state index in [9.17, 15) is 13.6 Å². The molecule has 0 aliphatic rings. The highest BCUT2D eigenvalue weighted by atomic mass is 127. The van der Waals surface area contributed by atoms with Crippen molar-refractivity contribution in [1.82, 2.24) is 5.32 Å². The number of rotatable bonds is 6. The van der Waals surface area contributed by atoms with Gasteiger partial charge in [-0.25, -0.2) is 0 Å². The number of alkyl halides is 2. The van der Waals surface area contributed by atoms with Gasteiger partial charge in [0.2, 0.25) is 0 Å². The molecule has 0 fully saturated rings. The maximum absolute atomic E-state index is 12.0. The lowest BCUT2D eigenvalue weighted by molar-refractivity contribution is -0.0498. The second kappa shape index (κ2) is 8.07. The van der Waals surface area contributed by atoms with Crippen LogP contribution in [-0.4, -0.2) is 19.1 Å². The molecule has 0 radical (unpaired) electrons. The van der Waals surface area contributed by atoms with Gasteiger partial charge in [0, 0.05) is 15.7 Å². The number of ether oxygens (including phenoxy) is 1. The number of nitrogens with one attached hydrogen (secondary N) is 1. The summed E-state index contributed by atoms with van der Waals surface area (Å²) in [5.41, 5.74) is 1.55. The summed E-state index contributed by atoms with van der Waals surface area (Å²) >= 11 is 2.15. The molecule has 0 spiro atoms. The first kappa shape index (κ1) is 16.7. The number of carbonyl (C=O) groups excluding carboxylic acids is 1. The number of carbonyl (C=O) groups is 1. The van der Waals surface area contributed by atoms with Gasteiger partial charge < -0.3 is 10.1 Å². The molecular weight excluding hydrogens is 403 g/mol. The molecule has 0 aliphatic carbocycles. The molecule has 0 saturated heterocycles. The molecule has 6 heteroatoms. The molecule has 0 atom stereocenters. The smallest absolute Gasteiger partial charge is 0.387 e. The summed E-state index contributed by atoms with van der Waals surface area (Å²) in [5.74, 6) is -0.00202. The molecule has 0 heterocycles. The van der Waals surface area contributed by atoms with Crippen molar-refractivity contribution in [2.75, 3.05) is 6.54 Å². The summed E-state index contributed by atoms with van der Waals surface area (Å²) in [6, 6.07) is 13.7. The summed E-state index contributed by atoms with van der Waals surface area (Å²) in [5, 5.41) is 2.83. The van der Waals surface area contributed by atoms with Gasteiger partial charge in [-0.3, -0.25) is 4.79 Å². The Morgan fingerprint density at radius 2 is 1.91 bits per heavy atom. The highest BCUT2D eigenvalue weighted by Gasteiger charge is 2.06. The molecule has 1 N–H and O–H groups in total. The maximum atomic E-state index is 12.0. The highest BCUT2D eigenvalue weighted by molar-refractivity contribution is 14.1. The van der Waals surface area contributed by atoms with Gasteiger partial charge in [-0.05, 0) is 64.9 Å². The van der Waals surface area contributed by atoms with E-state index in [0.29, 0.717) is 18.5 Å². The number of amides is 1. The predicted molar refractivity (Wildman–Crippen MR) is 88.3 cm³/mol. The van der Waals surface area contributed by atoms with E-state index in [4.69, 9.17) is 0 Å². The molecule has 2 rings (SSSR count). The predicted octanol–water partition coefficient (Wildman–Crippen LogP) is 3.87. The molecule has 22 heavy (non-hydrogen) atoms. The van der Waals surface area contributed by atoms with Crippen molar-refractivity contribution in [3.8, 4) is 5.75 Å². The van der Waals surface area contributed by atoms with Crippen molar-refractivity contribution in [3.05, 3.63) is 63.2 Å². The molecular formula is C16H14F2INO2. The Bertz CT molecular complexity index is 632. The summed E-state index contributed by atoms with van der Waals surface area (Å²) < 4.78 is 29.3. The molecule has 116 valence electrons. The minimum Gasteiger partial charge on any atom is -0.435 e. The number of benzene rings is 2. The van der Waals surface area contributed by atoms with Gasteiger partial charge in [-0.15, -0.1) is 0 Å². The van der Waals surface area contributed by atoms with Crippen LogP contribution in [0, 0.1) is 3.57 Å². The molecule has 0 saturated carbocycles. The van der Waals surface area contributed by atoms with E-state index in [1.54, 1.807) is 18.2 Å². The Kier molecular flexibility index (Phi) is 6.11. The van der Waals surface area contributed by atoms with Gasteiger partial charge in [0.1, 0.15) is 5.75 Å². The molecule has 2 aromatic carbocycles. The normalized spacial score (nSPS) is 10.5. The van der Waals surface area contributed by atoms with Gasteiger partial charge in [-0.1, -0.05) is 18.2 Å². The minimum atomic E-state index is -2.82. The van der Waals surface area contributed by atoms with Gasteiger partial charge in [0.15, 0.2) is 0 Å². The van der Waals surface area contributed by atoms with Crippen LogP contribution in [0.25, 0.3) is 0 Å². The van der Waals surface area contributed by atoms with Gasteiger partial charge in [-0.2, -0.15) is 8.78 Å². The molecule has 3 nitrogen and oxygen atoms in total. The fraction of sp³-hybridized carbons (Fsp3) is 0.188. The zero-order valence-electron chi connectivity index (χ0n) is 11.6. The van der Waals surface area contributed by atoms with Crippen LogP contribution in [-0.2, 0) is 6.42 Å². The van der Waals surface area contributed by atoms with Crippen LogP contribution in [0.3, 0.4) is 0 Å². The van der Waals surface area contributed by atoms with Crippen LogP contribution in [0.5, 0.6) is 5.75 Å². The van der Waals surface area contributed by atoms with Gasteiger partial charge in [0.05, 0.1) is 0 Å².